The molecular weight excluding hydrogens is 320 g/mol. The fourth-order valence-corrected chi connectivity index (χ4v) is 4.55. The molecule has 2 heterocycles. The molecule has 0 bridgehead atoms. The van der Waals surface area contributed by atoms with E-state index in [1.165, 1.54) is 0 Å². The molecule has 1 saturated heterocycles. The van der Waals surface area contributed by atoms with Crippen molar-refractivity contribution in [3.63, 3.8) is 0 Å². The van der Waals surface area contributed by atoms with E-state index in [1.807, 2.05) is 16.5 Å². The third kappa shape index (κ3) is 4.19. The number of nitrogens with zero attached hydrogens (tertiary/aromatic N) is 4. The van der Waals surface area contributed by atoms with Crippen LogP contribution in [0.15, 0.2) is 6.33 Å². The lowest BCUT2D eigenvalue weighted by atomic mass is 9.69. The van der Waals surface area contributed by atoms with Crippen molar-refractivity contribution in [2.45, 2.75) is 63.7 Å². The highest BCUT2D eigenvalue weighted by Gasteiger charge is 2.38. The number of aromatic nitrogens is 3. The predicted octanol–water partition coefficient (Wildman–Crippen LogP) is 2.34. The number of carboxylic acid groups (broad SMARTS) is 1. The summed E-state index contributed by atoms with van der Waals surface area (Å²) < 4.78 is 1.92. The van der Waals surface area contributed by atoms with Gasteiger partial charge in [0.05, 0.1) is 6.42 Å². The van der Waals surface area contributed by atoms with E-state index in [2.05, 4.69) is 10.2 Å². The largest absolute Gasteiger partial charge is 0.481 e. The van der Waals surface area contributed by atoms with Crippen LogP contribution in [0.5, 0.6) is 0 Å². The molecule has 1 amide bonds. The number of aliphatic carboxylic acids is 1. The Bertz CT molecular complexity index is 622. The van der Waals surface area contributed by atoms with E-state index in [1.54, 1.807) is 6.33 Å². The molecule has 1 aromatic heterocycles. The minimum Gasteiger partial charge on any atom is -0.481 e. The highest BCUT2D eigenvalue weighted by Crippen LogP contribution is 2.43. The third-order valence-electron chi connectivity index (χ3n) is 5.85. The van der Waals surface area contributed by atoms with Crippen molar-refractivity contribution < 1.29 is 14.7 Å². The summed E-state index contributed by atoms with van der Waals surface area (Å²) in [5.41, 5.74) is -0.348. The second-order valence-electron chi connectivity index (χ2n) is 7.79. The topological polar surface area (TPSA) is 88.3 Å². The summed E-state index contributed by atoms with van der Waals surface area (Å²) in [5.74, 6) is 0.461. The Hall–Kier alpha value is -1.92. The molecular formula is C18H28N4O3. The Labute approximate surface area is 148 Å². The number of piperidine rings is 1. The van der Waals surface area contributed by atoms with Gasteiger partial charge >= 0.3 is 5.97 Å². The lowest BCUT2D eigenvalue weighted by molar-refractivity contribution is -0.143. The van der Waals surface area contributed by atoms with Crippen LogP contribution in [0.25, 0.3) is 0 Å². The molecule has 1 aliphatic carbocycles. The third-order valence-corrected chi connectivity index (χ3v) is 5.85. The van der Waals surface area contributed by atoms with Crippen LogP contribution in [0.1, 0.15) is 69.5 Å². The SMILES string of the molecule is Cn1cnnc1C1CCCN(C(=O)CC2(CC(=O)O)CCCCC2)C1. The van der Waals surface area contributed by atoms with Crippen molar-refractivity contribution in [1.82, 2.24) is 19.7 Å². The van der Waals surface area contributed by atoms with Crippen LogP contribution in [0.2, 0.25) is 0 Å². The van der Waals surface area contributed by atoms with Crippen LogP contribution in [0, 0.1) is 5.41 Å². The molecule has 1 saturated carbocycles. The Morgan fingerprint density at radius 2 is 2.00 bits per heavy atom. The number of likely N-dealkylation sites (tertiary alicyclic amines) is 1. The van der Waals surface area contributed by atoms with Gasteiger partial charge in [-0.3, -0.25) is 9.59 Å². The molecule has 7 nitrogen and oxygen atoms in total. The standard InChI is InChI=1S/C18H28N4O3/c1-21-13-19-20-17(21)14-6-5-9-22(12-14)15(23)10-18(11-16(24)25)7-3-2-4-8-18/h13-14H,2-12H2,1H3,(H,24,25). The first kappa shape index (κ1) is 17.9. The predicted molar refractivity (Wildman–Crippen MR) is 91.9 cm³/mol. The summed E-state index contributed by atoms with van der Waals surface area (Å²) in [6.45, 7) is 1.42. The van der Waals surface area contributed by atoms with Gasteiger partial charge < -0.3 is 14.6 Å². The van der Waals surface area contributed by atoms with Gasteiger partial charge in [-0.15, -0.1) is 10.2 Å². The van der Waals surface area contributed by atoms with Crippen LogP contribution in [0.3, 0.4) is 0 Å². The molecule has 0 spiro atoms. The van der Waals surface area contributed by atoms with E-state index >= 15 is 0 Å². The zero-order valence-electron chi connectivity index (χ0n) is 15.0. The van der Waals surface area contributed by atoms with Gasteiger partial charge in [-0.05, 0) is 31.1 Å². The Balaban J connectivity index is 1.66. The molecule has 138 valence electrons. The smallest absolute Gasteiger partial charge is 0.303 e. The van der Waals surface area contributed by atoms with Gasteiger partial charge in [0.2, 0.25) is 5.91 Å². The van der Waals surface area contributed by atoms with Crippen LogP contribution < -0.4 is 0 Å². The van der Waals surface area contributed by atoms with Gasteiger partial charge in [-0.2, -0.15) is 0 Å². The van der Waals surface area contributed by atoms with Crippen LogP contribution in [-0.4, -0.2) is 49.7 Å². The number of hydrogen-bond donors (Lipinski definition) is 1. The fourth-order valence-electron chi connectivity index (χ4n) is 4.55. The lowest BCUT2D eigenvalue weighted by Gasteiger charge is -2.39. The van der Waals surface area contributed by atoms with Gasteiger partial charge in [-0.1, -0.05) is 19.3 Å². The number of rotatable bonds is 5. The van der Waals surface area contributed by atoms with Gasteiger partial charge in [0, 0.05) is 32.5 Å². The Morgan fingerprint density at radius 1 is 1.24 bits per heavy atom. The second kappa shape index (κ2) is 7.54. The second-order valence-corrected chi connectivity index (χ2v) is 7.79. The Kier molecular flexibility index (Phi) is 5.39. The maximum absolute atomic E-state index is 12.9. The first-order valence-electron chi connectivity index (χ1n) is 9.33. The number of aryl methyl sites for hydroxylation is 1. The molecule has 0 radical (unpaired) electrons. The molecule has 1 N–H and O–H groups in total. The number of carboxylic acids is 1. The maximum Gasteiger partial charge on any atom is 0.303 e. The maximum atomic E-state index is 12.9. The van der Waals surface area contributed by atoms with E-state index in [9.17, 15) is 14.7 Å². The van der Waals surface area contributed by atoms with Gasteiger partial charge in [0.15, 0.2) is 0 Å². The zero-order valence-corrected chi connectivity index (χ0v) is 15.0. The normalized spacial score (nSPS) is 23.4. The van der Waals surface area contributed by atoms with Crippen LogP contribution in [0.4, 0.5) is 0 Å². The highest BCUT2D eigenvalue weighted by atomic mass is 16.4. The summed E-state index contributed by atoms with van der Waals surface area (Å²) >= 11 is 0. The summed E-state index contributed by atoms with van der Waals surface area (Å²) in [4.78, 5) is 26.2. The summed E-state index contributed by atoms with van der Waals surface area (Å²) in [6, 6.07) is 0. The lowest BCUT2D eigenvalue weighted by Crippen LogP contribution is -2.43. The summed E-state index contributed by atoms with van der Waals surface area (Å²) in [7, 11) is 1.93. The molecule has 1 aromatic rings. The number of hydrogen-bond acceptors (Lipinski definition) is 4. The zero-order chi connectivity index (χ0) is 17.9. The number of amides is 1. The van der Waals surface area contributed by atoms with Crippen molar-refractivity contribution >= 4 is 11.9 Å². The van der Waals surface area contributed by atoms with Crippen molar-refractivity contribution in [1.29, 1.82) is 0 Å². The van der Waals surface area contributed by atoms with Gasteiger partial charge in [0.25, 0.3) is 0 Å². The van der Waals surface area contributed by atoms with E-state index in [0.29, 0.717) is 13.0 Å². The quantitative estimate of drug-likeness (QED) is 0.882. The van der Waals surface area contributed by atoms with Crippen molar-refractivity contribution in [3.8, 4) is 0 Å². The van der Waals surface area contributed by atoms with E-state index in [4.69, 9.17) is 0 Å². The Morgan fingerprint density at radius 3 is 2.64 bits per heavy atom. The highest BCUT2D eigenvalue weighted by molar-refractivity contribution is 5.78. The van der Waals surface area contributed by atoms with Gasteiger partial charge in [-0.25, -0.2) is 0 Å². The average molecular weight is 348 g/mol. The van der Waals surface area contributed by atoms with E-state index in [0.717, 1.165) is 57.3 Å². The summed E-state index contributed by atoms with van der Waals surface area (Å²) in [5, 5.41) is 17.5. The molecule has 1 unspecified atom stereocenters. The van der Waals surface area contributed by atoms with Crippen molar-refractivity contribution in [2.75, 3.05) is 13.1 Å². The van der Waals surface area contributed by atoms with E-state index in [-0.39, 0.29) is 23.7 Å². The van der Waals surface area contributed by atoms with Crippen LogP contribution >= 0.6 is 0 Å². The molecule has 1 aliphatic heterocycles. The monoisotopic (exact) mass is 348 g/mol. The number of carbonyl (C=O) groups is 2. The first-order valence-corrected chi connectivity index (χ1v) is 9.33. The van der Waals surface area contributed by atoms with Gasteiger partial charge in [0.1, 0.15) is 12.2 Å². The van der Waals surface area contributed by atoms with Crippen molar-refractivity contribution in [3.05, 3.63) is 12.2 Å². The molecule has 25 heavy (non-hydrogen) atoms. The van der Waals surface area contributed by atoms with E-state index < -0.39 is 5.97 Å². The van der Waals surface area contributed by atoms with Crippen LogP contribution in [-0.2, 0) is 16.6 Å². The fraction of sp³-hybridized carbons (Fsp3) is 0.778. The molecule has 1 atom stereocenters. The van der Waals surface area contributed by atoms with Crippen molar-refractivity contribution in [2.24, 2.45) is 12.5 Å². The molecule has 7 heteroatoms. The minimum atomic E-state index is -0.787. The summed E-state index contributed by atoms with van der Waals surface area (Å²) in [6.07, 6.45) is 9.05. The molecule has 3 rings (SSSR count). The molecule has 2 fully saturated rings. The first-order chi connectivity index (χ1) is 12.0. The number of carbonyl (C=O) groups excluding carboxylic acids is 1. The average Bonchev–Trinajstić information content (AvgIpc) is 3.01. The minimum absolute atomic E-state index is 0.106. The molecule has 0 aromatic carbocycles. The molecule has 2 aliphatic rings.